The molecule has 1 fully saturated rings. The van der Waals surface area contributed by atoms with Gasteiger partial charge in [-0.3, -0.25) is 9.69 Å². The van der Waals surface area contributed by atoms with Crippen molar-refractivity contribution in [3.05, 3.63) is 47.5 Å². The number of anilines is 2. The van der Waals surface area contributed by atoms with E-state index >= 15 is 0 Å². The Morgan fingerprint density at radius 2 is 1.78 bits per heavy atom. The molecule has 2 aromatic rings. The summed E-state index contributed by atoms with van der Waals surface area (Å²) in [6.07, 6.45) is 1.39. The third kappa shape index (κ3) is 4.27. The molecule has 5 rings (SSSR count). The van der Waals surface area contributed by atoms with Gasteiger partial charge in [-0.2, -0.15) is 0 Å². The quantitative estimate of drug-likeness (QED) is 0.793. The summed E-state index contributed by atoms with van der Waals surface area (Å²) in [6.45, 7) is 7.81. The maximum absolute atomic E-state index is 11.9. The smallest absolute Gasteiger partial charge is 0.223 e. The minimum atomic E-state index is -0.533. The van der Waals surface area contributed by atoms with E-state index in [2.05, 4.69) is 28.0 Å². The molecule has 0 aromatic heterocycles. The molecule has 0 bridgehead atoms. The maximum Gasteiger partial charge on any atom is 0.223 e. The molecule has 1 saturated heterocycles. The van der Waals surface area contributed by atoms with E-state index in [1.54, 1.807) is 6.92 Å². The Hall–Kier alpha value is -2.77. The third-order valence-corrected chi connectivity index (χ3v) is 6.68. The molecule has 32 heavy (non-hydrogen) atoms. The van der Waals surface area contributed by atoms with E-state index in [1.165, 1.54) is 0 Å². The van der Waals surface area contributed by atoms with Gasteiger partial charge >= 0.3 is 0 Å². The van der Waals surface area contributed by atoms with E-state index in [9.17, 15) is 9.90 Å². The van der Waals surface area contributed by atoms with Crippen molar-refractivity contribution < 1.29 is 19.4 Å². The van der Waals surface area contributed by atoms with Crippen molar-refractivity contribution in [3.8, 4) is 11.5 Å². The summed E-state index contributed by atoms with van der Waals surface area (Å²) in [7, 11) is 0. The highest BCUT2D eigenvalue weighted by Crippen LogP contribution is 2.34. The monoisotopic (exact) mass is 437 g/mol. The average Bonchev–Trinajstić information content (AvgIpc) is 2.83. The first-order valence-electron chi connectivity index (χ1n) is 11.5. The van der Waals surface area contributed by atoms with Crippen molar-refractivity contribution in [3.63, 3.8) is 0 Å². The van der Waals surface area contributed by atoms with Crippen LogP contribution in [-0.2, 0) is 11.2 Å². The molecule has 3 aliphatic rings. The first-order valence-corrected chi connectivity index (χ1v) is 11.5. The topological polar surface area (TPSA) is 65.5 Å². The van der Waals surface area contributed by atoms with Crippen LogP contribution >= 0.6 is 0 Å². The molecule has 0 aliphatic carbocycles. The SMILES string of the molecule is CC(=O)N1CCCc2cc([C@@H](O)CN3CCN(c4ccc5c(c4)OCCO5)CC3)ccc21. The fraction of sp³-hybridized carbons (Fsp3) is 0.480. The number of carbonyl (C=O) groups excluding carboxylic acids is 1. The molecule has 1 N–H and O–H groups in total. The van der Waals surface area contributed by atoms with Gasteiger partial charge in [0.05, 0.1) is 6.10 Å². The molecule has 1 amide bonds. The molecule has 3 aliphatic heterocycles. The molecule has 170 valence electrons. The van der Waals surface area contributed by atoms with Crippen LogP contribution in [0.25, 0.3) is 0 Å². The van der Waals surface area contributed by atoms with Crippen LogP contribution in [-0.4, -0.2) is 68.4 Å². The normalized spacial score (nSPS) is 19.4. The summed E-state index contributed by atoms with van der Waals surface area (Å²) < 4.78 is 11.3. The fourth-order valence-corrected chi connectivity index (χ4v) is 4.92. The van der Waals surface area contributed by atoms with E-state index in [1.807, 2.05) is 23.1 Å². The van der Waals surface area contributed by atoms with Crippen LogP contribution in [0.3, 0.4) is 0 Å². The van der Waals surface area contributed by atoms with Gasteiger partial charge in [-0.15, -0.1) is 0 Å². The van der Waals surface area contributed by atoms with E-state index in [0.717, 1.165) is 79.6 Å². The molecule has 7 heteroatoms. The standard InChI is InChI=1S/C25H31N3O4/c1-18(29)28-8-2-3-19-15-20(4-6-22(19)28)23(30)17-26-9-11-27(12-10-26)21-5-7-24-25(16-21)32-14-13-31-24/h4-7,15-16,23,30H,2-3,8-14,17H2,1H3/t23-/m0/s1. The number of benzene rings is 2. The van der Waals surface area contributed by atoms with Gasteiger partial charge in [0, 0.05) is 63.6 Å². The van der Waals surface area contributed by atoms with Gasteiger partial charge in [0.15, 0.2) is 11.5 Å². The number of amides is 1. The second-order valence-electron chi connectivity index (χ2n) is 8.79. The number of carbonyl (C=O) groups is 1. The molecule has 2 aromatic carbocycles. The van der Waals surface area contributed by atoms with Gasteiger partial charge < -0.3 is 24.4 Å². The number of hydrogen-bond acceptors (Lipinski definition) is 6. The number of aliphatic hydroxyl groups is 1. The fourth-order valence-electron chi connectivity index (χ4n) is 4.92. The Bertz CT molecular complexity index is 987. The molecule has 0 unspecified atom stereocenters. The molecule has 0 saturated carbocycles. The molecular weight excluding hydrogens is 406 g/mol. The first kappa shape index (κ1) is 21.1. The van der Waals surface area contributed by atoms with Crippen LogP contribution in [0.4, 0.5) is 11.4 Å². The lowest BCUT2D eigenvalue weighted by Gasteiger charge is -2.37. The Kier molecular flexibility index (Phi) is 5.93. The molecule has 1 atom stereocenters. The second-order valence-corrected chi connectivity index (χ2v) is 8.79. The zero-order valence-electron chi connectivity index (χ0n) is 18.6. The number of nitrogens with zero attached hydrogens (tertiary/aromatic N) is 3. The Balaban J connectivity index is 1.19. The van der Waals surface area contributed by atoms with E-state index in [4.69, 9.17) is 9.47 Å². The second kappa shape index (κ2) is 9.00. The predicted molar refractivity (Wildman–Crippen MR) is 124 cm³/mol. The van der Waals surface area contributed by atoms with Gasteiger partial charge in [-0.25, -0.2) is 0 Å². The van der Waals surface area contributed by atoms with Crippen molar-refractivity contribution in [2.24, 2.45) is 0 Å². The van der Waals surface area contributed by atoms with Crippen LogP contribution in [0.2, 0.25) is 0 Å². The molecule has 0 spiro atoms. The zero-order chi connectivity index (χ0) is 22.1. The first-order chi connectivity index (χ1) is 15.6. The van der Waals surface area contributed by atoms with Crippen LogP contribution in [0.1, 0.15) is 30.6 Å². The zero-order valence-corrected chi connectivity index (χ0v) is 18.6. The summed E-state index contributed by atoms with van der Waals surface area (Å²) >= 11 is 0. The highest BCUT2D eigenvalue weighted by atomic mass is 16.6. The van der Waals surface area contributed by atoms with Crippen LogP contribution in [0, 0.1) is 0 Å². The van der Waals surface area contributed by atoms with E-state index in [0.29, 0.717) is 19.8 Å². The summed E-state index contributed by atoms with van der Waals surface area (Å²) in [5.41, 5.74) is 4.24. The number of β-amino-alcohol motifs (C(OH)–C–C–N with tert-alkyl or cyclic N) is 1. The van der Waals surface area contributed by atoms with Gasteiger partial charge in [0.25, 0.3) is 0 Å². The van der Waals surface area contributed by atoms with Crippen LogP contribution in [0.5, 0.6) is 11.5 Å². The number of piperazine rings is 1. The Morgan fingerprint density at radius 3 is 2.56 bits per heavy atom. The highest BCUT2D eigenvalue weighted by Gasteiger charge is 2.24. The van der Waals surface area contributed by atoms with Crippen molar-refractivity contribution in [1.82, 2.24) is 4.90 Å². The van der Waals surface area contributed by atoms with Crippen molar-refractivity contribution in [2.75, 3.05) is 62.3 Å². The predicted octanol–water partition coefficient (Wildman–Crippen LogP) is 2.61. The number of aliphatic hydroxyl groups excluding tert-OH is 1. The lowest BCUT2D eigenvalue weighted by molar-refractivity contribution is -0.116. The van der Waals surface area contributed by atoms with Crippen molar-refractivity contribution in [2.45, 2.75) is 25.9 Å². The molecule has 7 nitrogen and oxygen atoms in total. The summed E-state index contributed by atoms with van der Waals surface area (Å²) in [4.78, 5) is 18.4. The number of rotatable bonds is 4. The minimum Gasteiger partial charge on any atom is -0.486 e. The summed E-state index contributed by atoms with van der Waals surface area (Å²) in [6, 6.07) is 12.2. The number of ether oxygens (including phenoxy) is 2. The maximum atomic E-state index is 11.9. The lowest BCUT2D eigenvalue weighted by Crippen LogP contribution is -2.47. The Morgan fingerprint density at radius 1 is 1.00 bits per heavy atom. The minimum absolute atomic E-state index is 0.0788. The third-order valence-electron chi connectivity index (χ3n) is 6.68. The van der Waals surface area contributed by atoms with Gasteiger partial charge in [0.2, 0.25) is 5.91 Å². The van der Waals surface area contributed by atoms with Gasteiger partial charge in [0.1, 0.15) is 13.2 Å². The molecule has 0 radical (unpaired) electrons. The van der Waals surface area contributed by atoms with E-state index < -0.39 is 6.10 Å². The van der Waals surface area contributed by atoms with Gasteiger partial charge in [-0.1, -0.05) is 12.1 Å². The van der Waals surface area contributed by atoms with Crippen molar-refractivity contribution >= 4 is 17.3 Å². The Labute approximate surface area is 189 Å². The van der Waals surface area contributed by atoms with Crippen molar-refractivity contribution in [1.29, 1.82) is 0 Å². The largest absolute Gasteiger partial charge is 0.486 e. The van der Waals surface area contributed by atoms with Crippen LogP contribution < -0.4 is 19.3 Å². The average molecular weight is 438 g/mol. The summed E-state index contributed by atoms with van der Waals surface area (Å²) in [5.74, 6) is 1.72. The molecule has 3 heterocycles. The number of fused-ring (bicyclic) bond motifs is 2. The van der Waals surface area contributed by atoms with E-state index in [-0.39, 0.29) is 5.91 Å². The van der Waals surface area contributed by atoms with Gasteiger partial charge in [-0.05, 0) is 42.2 Å². The number of aryl methyl sites for hydroxylation is 1. The van der Waals surface area contributed by atoms with Crippen LogP contribution in [0.15, 0.2) is 36.4 Å². The summed E-state index contributed by atoms with van der Waals surface area (Å²) in [5, 5.41) is 10.9. The lowest BCUT2D eigenvalue weighted by atomic mass is 9.97. The number of hydrogen-bond donors (Lipinski definition) is 1. The highest BCUT2D eigenvalue weighted by molar-refractivity contribution is 5.92. The molecular formula is C25H31N3O4.